The van der Waals surface area contributed by atoms with Gasteiger partial charge in [-0.1, -0.05) is 65.7 Å². The summed E-state index contributed by atoms with van der Waals surface area (Å²) in [5.74, 6) is 0.0982. The van der Waals surface area contributed by atoms with Crippen LogP contribution in [0.4, 0.5) is 5.82 Å². The third kappa shape index (κ3) is 6.73. The highest BCUT2D eigenvalue weighted by Gasteiger charge is 2.24. The number of ether oxygens (including phenoxy) is 1. The molecule has 8 nitrogen and oxygen atoms in total. The number of hydrogen-bond acceptors (Lipinski definition) is 5. The van der Waals surface area contributed by atoms with Crippen LogP contribution in [0, 0.1) is 13.8 Å². The molecular formula is C33H36N4O4. The third-order valence-electron chi connectivity index (χ3n) is 7.40. The van der Waals surface area contributed by atoms with Gasteiger partial charge in [0.1, 0.15) is 5.82 Å². The van der Waals surface area contributed by atoms with Crippen LogP contribution >= 0.6 is 0 Å². The van der Waals surface area contributed by atoms with Gasteiger partial charge in [0.05, 0.1) is 31.0 Å². The molecule has 5 rings (SSSR count). The summed E-state index contributed by atoms with van der Waals surface area (Å²) in [7, 11) is 0. The third-order valence-corrected chi connectivity index (χ3v) is 7.40. The number of aromatic nitrogens is 2. The van der Waals surface area contributed by atoms with E-state index in [0.29, 0.717) is 37.6 Å². The summed E-state index contributed by atoms with van der Waals surface area (Å²) in [6, 6.07) is 25.7. The van der Waals surface area contributed by atoms with Crippen molar-refractivity contribution in [3.63, 3.8) is 0 Å². The van der Waals surface area contributed by atoms with Crippen LogP contribution in [-0.4, -0.2) is 59.3 Å². The molecule has 0 aliphatic carbocycles. The number of morpholine rings is 1. The molecule has 8 heteroatoms. The monoisotopic (exact) mass is 552 g/mol. The first-order valence-electron chi connectivity index (χ1n) is 14.1. The molecular weight excluding hydrogens is 516 g/mol. The predicted molar refractivity (Wildman–Crippen MR) is 161 cm³/mol. The Morgan fingerprint density at radius 3 is 2.00 bits per heavy atom. The molecule has 0 radical (unpaired) electrons. The van der Waals surface area contributed by atoms with Crippen molar-refractivity contribution in [2.75, 3.05) is 44.3 Å². The first-order valence-corrected chi connectivity index (χ1v) is 14.1. The van der Waals surface area contributed by atoms with Crippen molar-refractivity contribution in [2.24, 2.45) is 0 Å². The van der Waals surface area contributed by atoms with Crippen LogP contribution in [0.25, 0.3) is 11.4 Å². The van der Waals surface area contributed by atoms with Crippen molar-refractivity contribution >= 4 is 11.7 Å². The van der Waals surface area contributed by atoms with E-state index in [1.165, 1.54) is 10.6 Å². The van der Waals surface area contributed by atoms with Gasteiger partial charge in [-0.2, -0.15) is 0 Å². The van der Waals surface area contributed by atoms with E-state index >= 15 is 0 Å². The van der Waals surface area contributed by atoms with Crippen LogP contribution < -0.4 is 16.1 Å². The van der Waals surface area contributed by atoms with Gasteiger partial charge < -0.3 is 4.74 Å². The zero-order valence-corrected chi connectivity index (χ0v) is 23.7. The summed E-state index contributed by atoms with van der Waals surface area (Å²) >= 11 is 0. The minimum atomic E-state index is -0.522. The van der Waals surface area contributed by atoms with Crippen LogP contribution in [0.1, 0.15) is 23.1 Å². The molecule has 0 atom stereocenters. The molecule has 1 aliphatic heterocycles. The number of carbonyl (C=O) groups is 1. The van der Waals surface area contributed by atoms with Crippen LogP contribution in [0.5, 0.6) is 0 Å². The first-order chi connectivity index (χ1) is 19.9. The normalized spacial score (nSPS) is 13.7. The second-order valence-corrected chi connectivity index (χ2v) is 10.5. The Balaban J connectivity index is 1.61. The van der Waals surface area contributed by atoms with E-state index in [-0.39, 0.29) is 18.1 Å². The Bertz CT molecular complexity index is 1590. The van der Waals surface area contributed by atoms with Crippen LogP contribution in [-0.2, 0) is 16.0 Å². The standard InChI is InChI=1S/C33H36N4O4/c1-25-9-13-28(14-10-25)36-30(24-32(39)37(33(36)40)29-15-11-26(2)12-16-29)35(18-6-17-34-19-21-41-22-20-34)31(38)23-27-7-4-3-5-8-27/h3-5,7-16,24H,6,17-23H2,1-2H3. The van der Waals surface area contributed by atoms with E-state index in [9.17, 15) is 14.4 Å². The average Bonchev–Trinajstić information content (AvgIpc) is 2.98. The fraction of sp³-hybridized carbons (Fsp3) is 0.303. The lowest BCUT2D eigenvalue weighted by atomic mass is 10.1. The quantitative estimate of drug-likeness (QED) is 0.315. The van der Waals surface area contributed by atoms with Crippen molar-refractivity contribution < 1.29 is 9.53 Å². The molecule has 3 aromatic carbocycles. The van der Waals surface area contributed by atoms with Gasteiger partial charge in [0, 0.05) is 32.2 Å². The molecule has 1 amide bonds. The van der Waals surface area contributed by atoms with Gasteiger partial charge in [0.25, 0.3) is 5.56 Å². The molecule has 0 N–H and O–H groups in total. The van der Waals surface area contributed by atoms with Crippen LogP contribution in [0.3, 0.4) is 0 Å². The molecule has 1 fully saturated rings. The lowest BCUT2D eigenvalue weighted by molar-refractivity contribution is -0.118. The Kier molecular flexibility index (Phi) is 8.91. The number of anilines is 1. The highest BCUT2D eigenvalue weighted by molar-refractivity contribution is 5.94. The summed E-state index contributed by atoms with van der Waals surface area (Å²) < 4.78 is 8.12. The van der Waals surface area contributed by atoms with Gasteiger partial charge in [0.2, 0.25) is 5.91 Å². The molecule has 2 heterocycles. The van der Waals surface area contributed by atoms with Crippen molar-refractivity contribution in [3.8, 4) is 11.4 Å². The zero-order chi connectivity index (χ0) is 28.8. The van der Waals surface area contributed by atoms with Crippen molar-refractivity contribution in [1.29, 1.82) is 0 Å². The fourth-order valence-electron chi connectivity index (χ4n) is 5.11. The van der Waals surface area contributed by atoms with E-state index in [1.54, 1.807) is 17.0 Å². The van der Waals surface area contributed by atoms with Crippen molar-refractivity contribution in [1.82, 2.24) is 14.0 Å². The number of carbonyl (C=O) groups excluding carboxylic acids is 1. The van der Waals surface area contributed by atoms with E-state index in [4.69, 9.17) is 4.74 Å². The van der Waals surface area contributed by atoms with E-state index in [1.807, 2.05) is 80.6 Å². The average molecular weight is 553 g/mol. The summed E-state index contributed by atoms with van der Waals surface area (Å²) in [5, 5.41) is 0. The molecule has 41 heavy (non-hydrogen) atoms. The van der Waals surface area contributed by atoms with E-state index in [0.717, 1.165) is 40.9 Å². The smallest absolute Gasteiger partial charge is 0.341 e. The SMILES string of the molecule is Cc1ccc(-n2c(N(CCCN3CCOCC3)C(=O)Cc3ccccc3)cc(=O)n(-c3ccc(C)cc3)c2=O)cc1. The minimum absolute atomic E-state index is 0.154. The van der Waals surface area contributed by atoms with Crippen molar-refractivity contribution in [2.45, 2.75) is 26.7 Å². The number of hydrogen-bond donors (Lipinski definition) is 0. The Hall–Kier alpha value is -4.27. The molecule has 0 saturated carbocycles. The molecule has 0 spiro atoms. The molecule has 1 aliphatic rings. The van der Waals surface area contributed by atoms with Gasteiger partial charge in [-0.25, -0.2) is 13.9 Å². The highest BCUT2D eigenvalue weighted by Crippen LogP contribution is 2.20. The van der Waals surface area contributed by atoms with E-state index in [2.05, 4.69) is 4.90 Å². The van der Waals surface area contributed by atoms with Gasteiger partial charge >= 0.3 is 5.69 Å². The summed E-state index contributed by atoms with van der Waals surface area (Å²) in [6.07, 6.45) is 0.838. The second kappa shape index (κ2) is 12.9. The highest BCUT2D eigenvalue weighted by atomic mass is 16.5. The minimum Gasteiger partial charge on any atom is -0.379 e. The molecule has 1 aromatic heterocycles. The van der Waals surface area contributed by atoms with Gasteiger partial charge in [-0.15, -0.1) is 0 Å². The topological polar surface area (TPSA) is 76.8 Å². The van der Waals surface area contributed by atoms with Gasteiger partial charge in [0.15, 0.2) is 0 Å². The Morgan fingerprint density at radius 2 is 1.39 bits per heavy atom. The maximum atomic E-state index is 14.2. The lowest BCUT2D eigenvalue weighted by Gasteiger charge is -2.29. The number of amides is 1. The molecule has 1 saturated heterocycles. The molecule has 4 aromatic rings. The van der Waals surface area contributed by atoms with Crippen LogP contribution in [0.15, 0.2) is 94.5 Å². The molecule has 212 valence electrons. The zero-order valence-electron chi connectivity index (χ0n) is 23.7. The number of benzene rings is 3. The maximum absolute atomic E-state index is 14.2. The van der Waals surface area contributed by atoms with Gasteiger partial charge in [-0.3, -0.25) is 19.4 Å². The summed E-state index contributed by atoms with van der Waals surface area (Å²) in [5.41, 5.74) is 2.99. The maximum Gasteiger partial charge on any atom is 0.341 e. The summed E-state index contributed by atoms with van der Waals surface area (Å²) in [4.78, 5) is 45.6. The van der Waals surface area contributed by atoms with Gasteiger partial charge in [-0.05, 0) is 50.1 Å². The largest absolute Gasteiger partial charge is 0.379 e. The van der Waals surface area contributed by atoms with E-state index < -0.39 is 11.2 Å². The number of rotatable bonds is 9. The lowest BCUT2D eigenvalue weighted by Crippen LogP contribution is -2.44. The number of nitrogens with zero attached hydrogens (tertiary/aromatic N) is 4. The van der Waals surface area contributed by atoms with Crippen molar-refractivity contribution in [3.05, 3.63) is 122 Å². The van der Waals surface area contributed by atoms with Crippen LogP contribution in [0.2, 0.25) is 0 Å². The predicted octanol–water partition coefficient (Wildman–Crippen LogP) is 3.90. The molecule has 0 unspecified atom stereocenters. The first kappa shape index (κ1) is 28.3. The molecule has 0 bridgehead atoms. The number of aryl methyl sites for hydroxylation is 2. The Morgan fingerprint density at radius 1 is 0.805 bits per heavy atom. The second-order valence-electron chi connectivity index (χ2n) is 10.5. The summed E-state index contributed by atoms with van der Waals surface area (Å²) in [6.45, 7) is 8.16. The fourth-order valence-corrected chi connectivity index (χ4v) is 5.11. The Labute approximate surface area is 240 Å².